The quantitative estimate of drug-likeness (QED) is 0.526. The van der Waals surface area contributed by atoms with Crippen LogP contribution in [0.4, 0.5) is 5.69 Å². The van der Waals surface area contributed by atoms with Gasteiger partial charge in [0.15, 0.2) is 0 Å². The Hall–Kier alpha value is -4.00. The molecule has 2 aromatic heterocycles. The number of pyridine rings is 1. The summed E-state index contributed by atoms with van der Waals surface area (Å²) in [7, 11) is 0. The first-order valence-electron chi connectivity index (χ1n) is 9.07. The Morgan fingerprint density at radius 3 is 2.52 bits per heavy atom. The van der Waals surface area contributed by atoms with Gasteiger partial charge in [0.05, 0.1) is 29.8 Å². The van der Waals surface area contributed by atoms with Gasteiger partial charge in [-0.25, -0.2) is 4.98 Å². The number of carboxylic acids is 1. The summed E-state index contributed by atoms with van der Waals surface area (Å²) in [6, 6.07) is 19.5. The molecular formula is C22H18N4O3. The average Bonchev–Trinajstić information content (AvgIpc) is 3.16. The van der Waals surface area contributed by atoms with Gasteiger partial charge in [-0.15, -0.1) is 0 Å². The Labute approximate surface area is 166 Å². The van der Waals surface area contributed by atoms with E-state index >= 15 is 0 Å². The largest absolute Gasteiger partial charge is 0.481 e. The highest BCUT2D eigenvalue weighted by Gasteiger charge is 2.20. The van der Waals surface area contributed by atoms with Crippen molar-refractivity contribution >= 4 is 28.6 Å². The third-order valence-electron chi connectivity index (χ3n) is 4.62. The maximum Gasteiger partial charge on any atom is 0.305 e. The van der Waals surface area contributed by atoms with Crippen LogP contribution in [-0.2, 0) is 4.79 Å². The summed E-state index contributed by atoms with van der Waals surface area (Å²) >= 11 is 0. The van der Waals surface area contributed by atoms with Gasteiger partial charge in [-0.2, -0.15) is 0 Å². The minimum Gasteiger partial charge on any atom is -0.481 e. The number of hydrogen-bond acceptors (Lipinski definition) is 4. The third kappa shape index (κ3) is 3.98. The summed E-state index contributed by atoms with van der Waals surface area (Å²) in [5, 5.41) is 12.2. The molecule has 0 bridgehead atoms. The number of carboxylic acid groups (broad SMARTS) is 1. The lowest BCUT2D eigenvalue weighted by Gasteiger charge is -2.18. The lowest BCUT2D eigenvalue weighted by Crippen LogP contribution is -2.15. The molecule has 1 amide bonds. The summed E-state index contributed by atoms with van der Waals surface area (Å²) in [5.74, 6) is -1.22. The molecule has 0 aliphatic rings. The van der Waals surface area contributed by atoms with Gasteiger partial charge in [-0.05, 0) is 35.9 Å². The highest BCUT2D eigenvalue weighted by Crippen LogP contribution is 2.28. The molecule has 4 aromatic rings. The van der Waals surface area contributed by atoms with Crippen LogP contribution >= 0.6 is 0 Å². The molecule has 7 heteroatoms. The second kappa shape index (κ2) is 7.93. The standard InChI is InChI=1S/C22H18N4O3/c27-21(28)13-19(15-6-2-1-3-7-15)26-14-24-17-10-9-16(12-20(17)26)25-22(29)18-8-4-5-11-23-18/h1-12,14,19H,13H2,(H,25,29)(H,27,28). The van der Waals surface area contributed by atoms with E-state index in [4.69, 9.17) is 0 Å². The Morgan fingerprint density at radius 1 is 1.00 bits per heavy atom. The van der Waals surface area contributed by atoms with Gasteiger partial charge in [0.1, 0.15) is 5.69 Å². The zero-order chi connectivity index (χ0) is 20.2. The molecule has 0 aliphatic heterocycles. The maximum absolute atomic E-state index is 12.4. The molecule has 0 spiro atoms. The van der Waals surface area contributed by atoms with Crippen LogP contribution in [0.25, 0.3) is 11.0 Å². The molecule has 29 heavy (non-hydrogen) atoms. The van der Waals surface area contributed by atoms with Gasteiger partial charge in [0.2, 0.25) is 0 Å². The number of anilines is 1. The van der Waals surface area contributed by atoms with E-state index in [9.17, 15) is 14.7 Å². The van der Waals surface area contributed by atoms with Crippen molar-refractivity contribution in [3.05, 3.63) is 90.5 Å². The lowest BCUT2D eigenvalue weighted by molar-refractivity contribution is -0.137. The molecule has 4 rings (SSSR count). The number of carbonyl (C=O) groups is 2. The van der Waals surface area contributed by atoms with Gasteiger partial charge >= 0.3 is 5.97 Å². The van der Waals surface area contributed by atoms with Crippen molar-refractivity contribution in [2.75, 3.05) is 5.32 Å². The van der Waals surface area contributed by atoms with E-state index in [0.29, 0.717) is 16.9 Å². The Balaban J connectivity index is 1.70. The molecule has 2 N–H and O–H groups in total. The molecule has 7 nitrogen and oxygen atoms in total. The molecular weight excluding hydrogens is 368 g/mol. The van der Waals surface area contributed by atoms with Gasteiger partial charge < -0.3 is 15.0 Å². The first-order chi connectivity index (χ1) is 14.1. The lowest BCUT2D eigenvalue weighted by atomic mass is 10.0. The van der Waals surface area contributed by atoms with Crippen LogP contribution in [0, 0.1) is 0 Å². The van der Waals surface area contributed by atoms with Gasteiger partial charge in [0, 0.05) is 11.9 Å². The Bertz CT molecular complexity index is 1160. The van der Waals surface area contributed by atoms with Crippen LogP contribution < -0.4 is 5.32 Å². The van der Waals surface area contributed by atoms with E-state index < -0.39 is 12.0 Å². The summed E-state index contributed by atoms with van der Waals surface area (Å²) < 4.78 is 1.83. The smallest absolute Gasteiger partial charge is 0.305 e. The SMILES string of the molecule is O=C(O)CC(c1ccccc1)n1cnc2ccc(NC(=O)c3ccccn3)cc21. The molecule has 0 aliphatic carbocycles. The van der Waals surface area contributed by atoms with Crippen LogP contribution in [0.2, 0.25) is 0 Å². The molecule has 0 saturated heterocycles. The first-order valence-corrected chi connectivity index (χ1v) is 9.07. The second-order valence-electron chi connectivity index (χ2n) is 6.55. The average molecular weight is 386 g/mol. The molecule has 1 atom stereocenters. The van der Waals surface area contributed by atoms with Crippen LogP contribution in [-0.4, -0.2) is 31.5 Å². The van der Waals surface area contributed by atoms with Gasteiger partial charge in [0.25, 0.3) is 5.91 Å². The normalized spacial score (nSPS) is 11.9. The first kappa shape index (κ1) is 18.4. The van der Waals surface area contributed by atoms with Crippen molar-refractivity contribution in [3.63, 3.8) is 0 Å². The van der Waals surface area contributed by atoms with Crippen LogP contribution in [0.3, 0.4) is 0 Å². The van der Waals surface area contributed by atoms with Crippen molar-refractivity contribution < 1.29 is 14.7 Å². The predicted octanol–water partition coefficient (Wildman–Crippen LogP) is 3.75. The highest BCUT2D eigenvalue weighted by molar-refractivity contribution is 6.03. The van der Waals surface area contributed by atoms with Crippen molar-refractivity contribution in [1.29, 1.82) is 0 Å². The number of carbonyl (C=O) groups excluding carboxylic acids is 1. The number of nitrogens with zero attached hydrogens (tertiary/aromatic N) is 3. The van der Waals surface area contributed by atoms with Crippen LogP contribution in [0.5, 0.6) is 0 Å². The number of hydrogen-bond donors (Lipinski definition) is 2. The number of amides is 1. The second-order valence-corrected chi connectivity index (χ2v) is 6.55. The predicted molar refractivity (Wildman–Crippen MR) is 109 cm³/mol. The fraction of sp³-hybridized carbons (Fsp3) is 0.0909. The molecule has 144 valence electrons. The zero-order valence-corrected chi connectivity index (χ0v) is 15.4. The molecule has 1 unspecified atom stereocenters. The summed E-state index contributed by atoms with van der Waals surface area (Å²) in [6.07, 6.45) is 3.11. The van der Waals surface area contributed by atoms with E-state index in [1.165, 1.54) is 0 Å². The van der Waals surface area contributed by atoms with Gasteiger partial charge in [-0.3, -0.25) is 14.6 Å². The molecule has 0 saturated carbocycles. The fourth-order valence-corrected chi connectivity index (χ4v) is 3.26. The maximum atomic E-state index is 12.4. The summed E-state index contributed by atoms with van der Waals surface area (Å²) in [6.45, 7) is 0. The number of imidazole rings is 1. The molecule has 0 radical (unpaired) electrons. The number of nitrogens with one attached hydrogen (secondary N) is 1. The molecule has 2 aromatic carbocycles. The minimum absolute atomic E-state index is 0.0833. The van der Waals surface area contributed by atoms with Crippen LogP contribution in [0.1, 0.15) is 28.5 Å². The summed E-state index contributed by atoms with van der Waals surface area (Å²) in [5.41, 5.74) is 3.22. The fourth-order valence-electron chi connectivity index (χ4n) is 3.26. The zero-order valence-electron chi connectivity index (χ0n) is 15.4. The minimum atomic E-state index is -0.902. The number of fused-ring (bicyclic) bond motifs is 1. The number of aliphatic carboxylic acids is 1. The van der Waals surface area contributed by atoms with E-state index in [0.717, 1.165) is 11.1 Å². The molecule has 2 heterocycles. The van der Waals surface area contributed by atoms with E-state index in [1.807, 2.05) is 34.9 Å². The van der Waals surface area contributed by atoms with Gasteiger partial charge in [-0.1, -0.05) is 36.4 Å². The molecule has 0 fully saturated rings. The van der Waals surface area contributed by atoms with Crippen molar-refractivity contribution in [1.82, 2.24) is 14.5 Å². The van der Waals surface area contributed by atoms with Crippen molar-refractivity contribution in [2.24, 2.45) is 0 Å². The number of rotatable bonds is 6. The Morgan fingerprint density at radius 2 is 1.79 bits per heavy atom. The topological polar surface area (TPSA) is 97.1 Å². The van der Waals surface area contributed by atoms with Crippen molar-refractivity contribution in [2.45, 2.75) is 12.5 Å². The Kier molecular flexibility index (Phi) is 5.03. The van der Waals surface area contributed by atoms with Crippen molar-refractivity contribution in [3.8, 4) is 0 Å². The van der Waals surface area contributed by atoms with E-state index in [-0.39, 0.29) is 12.3 Å². The summed E-state index contributed by atoms with van der Waals surface area (Å²) in [4.78, 5) is 32.3. The van der Waals surface area contributed by atoms with E-state index in [1.54, 1.807) is 48.9 Å². The highest BCUT2D eigenvalue weighted by atomic mass is 16.4. The van der Waals surface area contributed by atoms with Crippen LogP contribution in [0.15, 0.2) is 79.3 Å². The van der Waals surface area contributed by atoms with E-state index in [2.05, 4.69) is 15.3 Å². The number of benzene rings is 2. The monoisotopic (exact) mass is 386 g/mol. The third-order valence-corrected chi connectivity index (χ3v) is 4.62. The number of aromatic nitrogens is 3.